The Labute approximate surface area is 120 Å². The van der Waals surface area contributed by atoms with Gasteiger partial charge >= 0.3 is 0 Å². The van der Waals surface area contributed by atoms with Crippen LogP contribution in [0.2, 0.25) is 5.15 Å². The van der Waals surface area contributed by atoms with Crippen molar-refractivity contribution in [3.8, 4) is 11.5 Å². The molecule has 1 aromatic carbocycles. The fourth-order valence-corrected chi connectivity index (χ4v) is 2.43. The summed E-state index contributed by atoms with van der Waals surface area (Å²) >= 11 is 6.17. The number of hydrogen-bond acceptors (Lipinski definition) is 5. The van der Waals surface area contributed by atoms with Crippen molar-refractivity contribution < 1.29 is 9.47 Å². The van der Waals surface area contributed by atoms with Crippen molar-refractivity contribution in [3.63, 3.8) is 0 Å². The van der Waals surface area contributed by atoms with Crippen molar-refractivity contribution in [2.24, 2.45) is 0 Å². The SMILES string of the molecule is CCc1nnc2c(Cl)nc3cc(OC)c(OC)cc3n12. The first kappa shape index (κ1) is 12.9. The summed E-state index contributed by atoms with van der Waals surface area (Å²) in [6, 6.07) is 3.64. The minimum Gasteiger partial charge on any atom is -0.493 e. The molecule has 3 rings (SSSR count). The summed E-state index contributed by atoms with van der Waals surface area (Å²) in [5.41, 5.74) is 2.08. The van der Waals surface area contributed by atoms with Gasteiger partial charge in [0.25, 0.3) is 0 Å². The molecule has 6 nitrogen and oxygen atoms in total. The van der Waals surface area contributed by atoms with E-state index < -0.39 is 0 Å². The van der Waals surface area contributed by atoms with Gasteiger partial charge in [-0.25, -0.2) is 4.98 Å². The van der Waals surface area contributed by atoms with Gasteiger partial charge in [-0.2, -0.15) is 0 Å². The predicted molar refractivity (Wildman–Crippen MR) is 75.8 cm³/mol. The van der Waals surface area contributed by atoms with Crippen molar-refractivity contribution in [2.75, 3.05) is 14.2 Å². The van der Waals surface area contributed by atoms with Gasteiger partial charge in [0, 0.05) is 18.6 Å². The zero-order valence-electron chi connectivity index (χ0n) is 11.3. The van der Waals surface area contributed by atoms with Crippen LogP contribution in [0.25, 0.3) is 16.7 Å². The first-order valence-corrected chi connectivity index (χ1v) is 6.52. The molecule has 0 N–H and O–H groups in total. The lowest BCUT2D eigenvalue weighted by Crippen LogP contribution is -1.99. The number of halogens is 1. The molecule has 20 heavy (non-hydrogen) atoms. The third kappa shape index (κ3) is 1.76. The number of aromatic nitrogens is 4. The highest BCUT2D eigenvalue weighted by Crippen LogP contribution is 2.33. The largest absolute Gasteiger partial charge is 0.493 e. The second kappa shape index (κ2) is 4.79. The van der Waals surface area contributed by atoms with E-state index in [9.17, 15) is 0 Å². The van der Waals surface area contributed by atoms with Crippen LogP contribution >= 0.6 is 11.6 Å². The average molecular weight is 293 g/mol. The maximum absolute atomic E-state index is 6.17. The lowest BCUT2D eigenvalue weighted by molar-refractivity contribution is 0.355. The van der Waals surface area contributed by atoms with E-state index in [-0.39, 0.29) is 0 Å². The number of ether oxygens (including phenoxy) is 2. The van der Waals surface area contributed by atoms with E-state index in [1.54, 1.807) is 20.3 Å². The van der Waals surface area contributed by atoms with E-state index in [2.05, 4.69) is 15.2 Å². The number of nitrogens with zero attached hydrogens (tertiary/aromatic N) is 4. The standard InChI is InChI=1S/C13H13ClN4O2/c1-4-11-16-17-13-12(14)15-7-5-9(19-2)10(20-3)6-8(7)18(11)13/h5-6H,4H2,1-3H3. The molecular weight excluding hydrogens is 280 g/mol. The Bertz CT molecular complexity index is 800. The molecule has 0 aliphatic carbocycles. The molecule has 0 radical (unpaired) electrons. The summed E-state index contributed by atoms with van der Waals surface area (Å²) in [4.78, 5) is 4.34. The highest BCUT2D eigenvalue weighted by molar-refractivity contribution is 6.32. The zero-order valence-corrected chi connectivity index (χ0v) is 12.1. The molecule has 0 aliphatic rings. The van der Waals surface area contributed by atoms with Gasteiger partial charge in [0.05, 0.1) is 25.3 Å². The maximum Gasteiger partial charge on any atom is 0.199 e. The highest BCUT2D eigenvalue weighted by Gasteiger charge is 2.15. The van der Waals surface area contributed by atoms with Crippen LogP contribution in [0.15, 0.2) is 12.1 Å². The average Bonchev–Trinajstić information content (AvgIpc) is 2.91. The third-order valence-electron chi connectivity index (χ3n) is 3.17. The number of methoxy groups -OCH3 is 2. The van der Waals surface area contributed by atoms with Crippen LogP contribution in [0.3, 0.4) is 0 Å². The molecule has 104 valence electrons. The Morgan fingerprint density at radius 1 is 1.15 bits per heavy atom. The summed E-state index contributed by atoms with van der Waals surface area (Å²) in [5.74, 6) is 2.05. The fraction of sp³-hybridized carbons (Fsp3) is 0.308. The molecule has 0 fully saturated rings. The number of aryl methyl sites for hydroxylation is 1. The van der Waals surface area contributed by atoms with Gasteiger partial charge in [-0.15, -0.1) is 10.2 Å². The Balaban J connectivity index is 2.48. The van der Waals surface area contributed by atoms with E-state index in [0.29, 0.717) is 27.8 Å². The predicted octanol–water partition coefficient (Wildman–Crippen LogP) is 2.51. The summed E-state index contributed by atoms with van der Waals surface area (Å²) in [6.45, 7) is 2.01. The fourth-order valence-electron chi connectivity index (χ4n) is 2.21. The minimum absolute atomic E-state index is 0.317. The Morgan fingerprint density at radius 2 is 1.85 bits per heavy atom. The van der Waals surface area contributed by atoms with Gasteiger partial charge in [0.15, 0.2) is 22.3 Å². The highest BCUT2D eigenvalue weighted by atomic mass is 35.5. The monoisotopic (exact) mass is 292 g/mol. The quantitative estimate of drug-likeness (QED) is 0.742. The molecular formula is C13H13ClN4O2. The molecule has 0 unspecified atom stereocenters. The van der Waals surface area contributed by atoms with Crippen molar-refractivity contribution >= 4 is 28.3 Å². The molecule has 0 saturated heterocycles. The van der Waals surface area contributed by atoms with Crippen molar-refractivity contribution in [2.45, 2.75) is 13.3 Å². The first-order chi connectivity index (χ1) is 9.69. The van der Waals surface area contributed by atoms with Crippen LogP contribution < -0.4 is 9.47 Å². The molecule has 3 aromatic rings. The van der Waals surface area contributed by atoms with E-state index in [1.807, 2.05) is 17.4 Å². The first-order valence-electron chi connectivity index (χ1n) is 6.14. The molecule has 0 atom stereocenters. The molecule has 2 heterocycles. The summed E-state index contributed by atoms with van der Waals surface area (Å²) < 4.78 is 12.5. The van der Waals surface area contributed by atoms with Gasteiger partial charge < -0.3 is 9.47 Å². The van der Waals surface area contributed by atoms with Gasteiger partial charge in [0.2, 0.25) is 0 Å². The normalized spacial score (nSPS) is 11.2. The van der Waals surface area contributed by atoms with Crippen LogP contribution in [0, 0.1) is 0 Å². The lowest BCUT2D eigenvalue weighted by Gasteiger charge is -2.10. The molecule has 2 aromatic heterocycles. The molecule has 7 heteroatoms. The van der Waals surface area contributed by atoms with Gasteiger partial charge in [0.1, 0.15) is 5.82 Å². The number of benzene rings is 1. The summed E-state index contributed by atoms with van der Waals surface area (Å²) in [7, 11) is 3.18. The molecule has 0 aliphatic heterocycles. The number of fused-ring (bicyclic) bond motifs is 3. The second-order valence-electron chi connectivity index (χ2n) is 4.23. The van der Waals surface area contributed by atoms with E-state index >= 15 is 0 Å². The summed E-state index contributed by atoms with van der Waals surface area (Å²) in [6.07, 6.45) is 0.741. The van der Waals surface area contributed by atoms with Gasteiger partial charge in [-0.05, 0) is 0 Å². The van der Waals surface area contributed by atoms with Crippen LogP contribution in [0.4, 0.5) is 0 Å². The second-order valence-corrected chi connectivity index (χ2v) is 4.59. The van der Waals surface area contributed by atoms with Gasteiger partial charge in [-0.1, -0.05) is 18.5 Å². The van der Waals surface area contributed by atoms with Crippen LogP contribution in [-0.4, -0.2) is 33.8 Å². The van der Waals surface area contributed by atoms with Crippen LogP contribution in [0.1, 0.15) is 12.7 Å². The topological polar surface area (TPSA) is 61.5 Å². The Hall–Kier alpha value is -2.08. The lowest BCUT2D eigenvalue weighted by atomic mass is 10.2. The molecule has 0 amide bonds. The van der Waals surface area contributed by atoms with E-state index in [4.69, 9.17) is 21.1 Å². The van der Waals surface area contributed by atoms with E-state index in [0.717, 1.165) is 17.8 Å². The minimum atomic E-state index is 0.317. The van der Waals surface area contributed by atoms with Crippen molar-refractivity contribution in [3.05, 3.63) is 23.1 Å². The third-order valence-corrected chi connectivity index (χ3v) is 3.42. The molecule has 0 bridgehead atoms. The molecule has 0 saturated carbocycles. The van der Waals surface area contributed by atoms with Crippen molar-refractivity contribution in [1.29, 1.82) is 0 Å². The maximum atomic E-state index is 6.17. The number of hydrogen-bond donors (Lipinski definition) is 0. The van der Waals surface area contributed by atoms with Crippen LogP contribution in [0.5, 0.6) is 11.5 Å². The Morgan fingerprint density at radius 3 is 2.50 bits per heavy atom. The summed E-state index contributed by atoms with van der Waals surface area (Å²) in [5, 5.41) is 8.54. The Kier molecular flexibility index (Phi) is 3.10. The van der Waals surface area contributed by atoms with Gasteiger partial charge in [-0.3, -0.25) is 4.40 Å². The number of rotatable bonds is 3. The molecule has 0 spiro atoms. The van der Waals surface area contributed by atoms with Crippen molar-refractivity contribution in [1.82, 2.24) is 19.6 Å². The zero-order chi connectivity index (χ0) is 14.3. The van der Waals surface area contributed by atoms with Crippen LogP contribution in [-0.2, 0) is 6.42 Å². The van der Waals surface area contributed by atoms with E-state index in [1.165, 1.54) is 0 Å². The smallest absolute Gasteiger partial charge is 0.199 e.